The smallest absolute Gasteiger partial charge is 0.0897 e. The number of hydrogen-bond donors (Lipinski definition) is 1. The van der Waals surface area contributed by atoms with Gasteiger partial charge in [-0.2, -0.15) is 0 Å². The van der Waals surface area contributed by atoms with Gasteiger partial charge in [0.2, 0.25) is 0 Å². The number of rotatable bonds is 5. The third kappa shape index (κ3) is 4.20. The zero-order valence-corrected chi connectivity index (χ0v) is 9.03. The maximum atomic E-state index is 4.20. The molecule has 3 heteroatoms. The van der Waals surface area contributed by atoms with Crippen molar-refractivity contribution in [3.8, 4) is 0 Å². The molecule has 13 heavy (non-hydrogen) atoms. The molecule has 1 rings (SSSR count). The number of allylic oxidation sites excluding steroid dienone is 1. The lowest BCUT2D eigenvalue weighted by Gasteiger charge is -1.98. The van der Waals surface area contributed by atoms with Gasteiger partial charge in [-0.05, 0) is 26.8 Å². The van der Waals surface area contributed by atoms with E-state index in [0.717, 1.165) is 24.5 Å². The second-order valence-electron chi connectivity index (χ2n) is 2.88. The average molecular weight is 196 g/mol. The van der Waals surface area contributed by atoms with Crippen molar-refractivity contribution in [2.24, 2.45) is 0 Å². The highest BCUT2D eigenvalue weighted by Crippen LogP contribution is 2.10. The van der Waals surface area contributed by atoms with Crippen molar-refractivity contribution in [1.29, 1.82) is 0 Å². The van der Waals surface area contributed by atoms with Crippen LogP contribution in [0.4, 0.5) is 0 Å². The molecule has 2 nitrogen and oxygen atoms in total. The van der Waals surface area contributed by atoms with Crippen LogP contribution >= 0.6 is 11.3 Å². The lowest BCUT2D eigenvalue weighted by atomic mass is 10.4. The summed E-state index contributed by atoms with van der Waals surface area (Å²) in [7, 11) is 0. The minimum absolute atomic E-state index is 0.947. The molecule has 0 radical (unpaired) electrons. The van der Waals surface area contributed by atoms with E-state index < -0.39 is 0 Å². The lowest BCUT2D eigenvalue weighted by Crippen LogP contribution is -2.12. The summed E-state index contributed by atoms with van der Waals surface area (Å²) in [5.74, 6) is 0. The molecular formula is C10H16N2S. The Hall–Kier alpha value is -0.670. The number of aromatic nitrogens is 1. The summed E-state index contributed by atoms with van der Waals surface area (Å²) in [6.07, 6.45) is 7.31. The van der Waals surface area contributed by atoms with Crippen LogP contribution in [-0.2, 0) is 6.54 Å². The maximum Gasteiger partial charge on any atom is 0.0897 e. The molecule has 0 aromatic carbocycles. The number of nitrogens with zero attached hydrogens (tertiary/aromatic N) is 1. The van der Waals surface area contributed by atoms with Crippen LogP contribution in [0.2, 0.25) is 0 Å². The molecule has 1 N–H and O–H groups in total. The van der Waals surface area contributed by atoms with Crippen molar-refractivity contribution in [3.63, 3.8) is 0 Å². The molecule has 0 amide bonds. The Labute approximate surface area is 83.7 Å². The van der Waals surface area contributed by atoms with Crippen LogP contribution in [-0.4, -0.2) is 11.5 Å². The highest BCUT2D eigenvalue weighted by atomic mass is 32.1. The van der Waals surface area contributed by atoms with E-state index in [1.54, 1.807) is 11.3 Å². The van der Waals surface area contributed by atoms with E-state index in [1.807, 2.05) is 20.0 Å². The van der Waals surface area contributed by atoms with Gasteiger partial charge in [0.1, 0.15) is 0 Å². The van der Waals surface area contributed by atoms with Gasteiger partial charge in [-0.3, -0.25) is 0 Å². The topological polar surface area (TPSA) is 24.9 Å². The van der Waals surface area contributed by atoms with E-state index in [0.29, 0.717) is 0 Å². The predicted molar refractivity (Wildman–Crippen MR) is 58.0 cm³/mol. The Kier molecular flexibility index (Phi) is 4.72. The predicted octanol–water partition coefficient (Wildman–Crippen LogP) is 2.51. The summed E-state index contributed by atoms with van der Waals surface area (Å²) in [6.45, 7) is 6.07. The Morgan fingerprint density at radius 2 is 2.46 bits per heavy atom. The van der Waals surface area contributed by atoms with Gasteiger partial charge in [-0.25, -0.2) is 4.98 Å². The molecule has 0 aliphatic rings. The zero-order valence-electron chi connectivity index (χ0n) is 8.21. The van der Waals surface area contributed by atoms with Crippen LogP contribution in [0.25, 0.3) is 0 Å². The largest absolute Gasteiger partial charge is 0.311 e. The molecule has 1 aromatic rings. The van der Waals surface area contributed by atoms with Crippen molar-refractivity contribution in [2.75, 3.05) is 6.54 Å². The highest BCUT2D eigenvalue weighted by molar-refractivity contribution is 7.11. The third-order valence-corrected chi connectivity index (χ3v) is 2.60. The monoisotopic (exact) mass is 196 g/mol. The van der Waals surface area contributed by atoms with Crippen molar-refractivity contribution >= 4 is 11.3 Å². The first-order valence-electron chi connectivity index (χ1n) is 4.56. The number of hydrogen-bond acceptors (Lipinski definition) is 3. The van der Waals surface area contributed by atoms with Gasteiger partial charge >= 0.3 is 0 Å². The fourth-order valence-corrected chi connectivity index (χ4v) is 1.82. The Bertz CT molecular complexity index is 266. The van der Waals surface area contributed by atoms with Gasteiger partial charge in [-0.15, -0.1) is 11.3 Å². The molecule has 72 valence electrons. The normalized spacial score (nSPS) is 11.2. The first kappa shape index (κ1) is 10.4. The van der Waals surface area contributed by atoms with Crippen molar-refractivity contribution in [2.45, 2.75) is 26.8 Å². The molecule has 1 aromatic heterocycles. The minimum atomic E-state index is 0.947. The van der Waals surface area contributed by atoms with Gasteiger partial charge < -0.3 is 5.32 Å². The Morgan fingerprint density at radius 3 is 3.08 bits per heavy atom. The molecule has 0 atom stereocenters. The van der Waals surface area contributed by atoms with Crippen molar-refractivity contribution in [3.05, 3.63) is 28.2 Å². The molecule has 0 spiro atoms. The van der Waals surface area contributed by atoms with E-state index in [9.17, 15) is 0 Å². The van der Waals surface area contributed by atoms with Crippen molar-refractivity contribution < 1.29 is 0 Å². The molecule has 0 bridgehead atoms. The first-order chi connectivity index (χ1) is 6.33. The summed E-state index contributed by atoms with van der Waals surface area (Å²) in [6, 6.07) is 0. The zero-order chi connectivity index (χ0) is 9.52. The molecule has 0 unspecified atom stereocenters. The lowest BCUT2D eigenvalue weighted by molar-refractivity contribution is 0.701. The Balaban J connectivity index is 2.13. The molecule has 0 aliphatic heterocycles. The van der Waals surface area contributed by atoms with Crippen LogP contribution in [0.1, 0.15) is 23.2 Å². The third-order valence-electron chi connectivity index (χ3n) is 1.69. The van der Waals surface area contributed by atoms with Crippen LogP contribution in [0.3, 0.4) is 0 Å². The highest BCUT2D eigenvalue weighted by Gasteiger charge is 1.95. The molecule has 1 heterocycles. The van der Waals surface area contributed by atoms with Crippen molar-refractivity contribution in [1.82, 2.24) is 10.3 Å². The van der Waals surface area contributed by atoms with E-state index >= 15 is 0 Å². The van der Waals surface area contributed by atoms with Gasteiger partial charge in [0.15, 0.2) is 0 Å². The molecule has 0 saturated carbocycles. The summed E-state index contributed by atoms with van der Waals surface area (Å²) in [5.41, 5.74) is 0. The first-order valence-corrected chi connectivity index (χ1v) is 5.37. The second kappa shape index (κ2) is 5.89. The molecular weight excluding hydrogens is 180 g/mol. The quantitative estimate of drug-likeness (QED) is 0.578. The van der Waals surface area contributed by atoms with E-state index in [2.05, 4.69) is 22.5 Å². The maximum absolute atomic E-state index is 4.20. The summed E-state index contributed by atoms with van der Waals surface area (Å²) >= 11 is 1.76. The number of aryl methyl sites for hydroxylation is 1. The Morgan fingerprint density at radius 1 is 1.62 bits per heavy atom. The standard InChI is InChI=1S/C10H16N2S/c1-3-4-5-6-11-7-10-8-12-9(2)13-10/h3-4,8,11H,5-7H2,1-2H3/b4-3+. The minimum Gasteiger partial charge on any atom is -0.311 e. The number of thiazole rings is 1. The van der Waals surface area contributed by atoms with Gasteiger partial charge in [-0.1, -0.05) is 12.2 Å². The summed E-state index contributed by atoms with van der Waals surface area (Å²) in [4.78, 5) is 5.51. The fraction of sp³-hybridized carbons (Fsp3) is 0.500. The summed E-state index contributed by atoms with van der Waals surface area (Å²) < 4.78 is 0. The second-order valence-corrected chi connectivity index (χ2v) is 4.20. The van der Waals surface area contributed by atoms with E-state index in [1.165, 1.54) is 4.88 Å². The van der Waals surface area contributed by atoms with Crippen LogP contribution in [0, 0.1) is 6.92 Å². The summed E-state index contributed by atoms with van der Waals surface area (Å²) in [5, 5.41) is 4.51. The van der Waals surface area contributed by atoms with Gasteiger partial charge in [0, 0.05) is 17.6 Å². The fourth-order valence-electron chi connectivity index (χ4n) is 1.05. The van der Waals surface area contributed by atoms with Crippen LogP contribution in [0.5, 0.6) is 0 Å². The number of nitrogens with one attached hydrogen (secondary N) is 1. The SMILES string of the molecule is C/C=C/CCNCc1cnc(C)s1. The van der Waals surface area contributed by atoms with Crippen LogP contribution in [0.15, 0.2) is 18.3 Å². The average Bonchev–Trinajstić information content (AvgIpc) is 2.51. The molecule has 0 saturated heterocycles. The molecule has 0 fully saturated rings. The van der Waals surface area contributed by atoms with E-state index in [4.69, 9.17) is 0 Å². The van der Waals surface area contributed by atoms with E-state index in [-0.39, 0.29) is 0 Å². The molecule has 0 aliphatic carbocycles. The van der Waals surface area contributed by atoms with Gasteiger partial charge in [0.05, 0.1) is 5.01 Å². The van der Waals surface area contributed by atoms with Gasteiger partial charge in [0.25, 0.3) is 0 Å². The van der Waals surface area contributed by atoms with Crippen LogP contribution < -0.4 is 5.32 Å².